The highest BCUT2D eigenvalue weighted by Gasteiger charge is 2.22. The first-order valence-electron chi connectivity index (χ1n) is 14.9. The lowest BCUT2D eigenvalue weighted by atomic mass is 9.97. The van der Waals surface area contributed by atoms with Crippen molar-refractivity contribution in [3.8, 4) is 0 Å². The van der Waals surface area contributed by atoms with Gasteiger partial charge < -0.3 is 15.0 Å². The Kier molecular flexibility index (Phi) is 20.2. The van der Waals surface area contributed by atoms with E-state index >= 15 is 0 Å². The first-order chi connectivity index (χ1) is 18.6. The number of piperazine rings is 1. The molecule has 1 atom stereocenters. The number of aldehydes is 2. The maximum Gasteiger partial charge on any atom is 0.150 e. The standard InChI is InChI=1S/C18H25N3O2.C9H16O.C4H10.C2H6/c22-13-16-1-2-18(11-17(16)14-23)21-9-7-20(8-10-21)12-15-3-5-19-6-4-15;1-7(2)8(3)5-6-9(4)10;1-4(2)3;1-2/h1-2,11,13-15,19H,3-10,12H2;8H,1,5-6H2,2-4H3;4H,1-3H3;1-2H3. The molecule has 0 aliphatic carbocycles. The summed E-state index contributed by atoms with van der Waals surface area (Å²) < 4.78 is 0. The molecule has 0 aromatic heterocycles. The average Bonchev–Trinajstić information content (AvgIpc) is 2.93. The van der Waals surface area contributed by atoms with E-state index in [4.69, 9.17) is 0 Å². The van der Waals surface area contributed by atoms with Gasteiger partial charge in [-0.1, -0.05) is 53.7 Å². The van der Waals surface area contributed by atoms with Gasteiger partial charge >= 0.3 is 0 Å². The first-order valence-corrected chi connectivity index (χ1v) is 14.9. The fraction of sp³-hybridized carbons (Fsp3) is 0.667. The number of allylic oxidation sites excluding steroid dienone is 1. The molecule has 0 spiro atoms. The van der Waals surface area contributed by atoms with Crippen molar-refractivity contribution in [3.05, 3.63) is 41.5 Å². The quantitative estimate of drug-likeness (QED) is 0.276. The molecule has 0 saturated carbocycles. The molecule has 6 heteroatoms. The van der Waals surface area contributed by atoms with Gasteiger partial charge in [-0.05, 0) is 82.2 Å². The largest absolute Gasteiger partial charge is 0.369 e. The Morgan fingerprint density at radius 2 is 1.51 bits per heavy atom. The Morgan fingerprint density at radius 1 is 0.974 bits per heavy atom. The SMILES string of the molecule is C=C(C)C(C)CCC(C)=O.CC.CC(C)C.O=Cc1ccc(N2CCN(CC3CCNCC3)CC2)cc1C=O. The predicted octanol–water partition coefficient (Wildman–Crippen LogP) is 6.69. The van der Waals surface area contributed by atoms with Crippen LogP contribution in [0.25, 0.3) is 0 Å². The molecule has 1 aromatic rings. The van der Waals surface area contributed by atoms with Crippen LogP contribution in [0.4, 0.5) is 5.69 Å². The molecule has 0 bridgehead atoms. The first kappa shape index (κ1) is 36.7. The molecule has 2 saturated heterocycles. The molecule has 2 heterocycles. The highest BCUT2D eigenvalue weighted by molar-refractivity contribution is 5.91. The van der Waals surface area contributed by atoms with Crippen molar-refractivity contribution in [2.75, 3.05) is 50.7 Å². The molecular formula is C33H57N3O3. The summed E-state index contributed by atoms with van der Waals surface area (Å²) in [5.74, 6) is 2.42. The summed E-state index contributed by atoms with van der Waals surface area (Å²) in [4.78, 5) is 37.4. The van der Waals surface area contributed by atoms with Crippen LogP contribution in [0.15, 0.2) is 30.4 Å². The van der Waals surface area contributed by atoms with Crippen LogP contribution in [0.5, 0.6) is 0 Å². The van der Waals surface area contributed by atoms with E-state index < -0.39 is 0 Å². The Balaban J connectivity index is 0.000000755. The summed E-state index contributed by atoms with van der Waals surface area (Å²) in [5, 5.41) is 3.42. The summed E-state index contributed by atoms with van der Waals surface area (Å²) >= 11 is 0. The lowest BCUT2D eigenvalue weighted by molar-refractivity contribution is -0.117. The van der Waals surface area contributed by atoms with E-state index in [-0.39, 0.29) is 5.78 Å². The van der Waals surface area contributed by atoms with Crippen molar-refractivity contribution in [3.63, 3.8) is 0 Å². The van der Waals surface area contributed by atoms with Gasteiger partial charge in [0.15, 0.2) is 12.6 Å². The van der Waals surface area contributed by atoms with E-state index in [1.165, 1.54) is 25.0 Å². The van der Waals surface area contributed by atoms with Gasteiger partial charge in [0.2, 0.25) is 0 Å². The van der Waals surface area contributed by atoms with Crippen molar-refractivity contribution in [2.24, 2.45) is 17.8 Å². The Bertz CT molecular complexity index is 836. The topological polar surface area (TPSA) is 69.7 Å². The normalized spacial score (nSPS) is 16.4. The molecule has 2 aliphatic rings. The minimum Gasteiger partial charge on any atom is -0.369 e. The van der Waals surface area contributed by atoms with Crippen molar-refractivity contribution in [1.29, 1.82) is 0 Å². The van der Waals surface area contributed by atoms with Crippen LogP contribution in [-0.4, -0.2) is 69.1 Å². The number of nitrogens with zero attached hydrogens (tertiary/aromatic N) is 2. The highest BCUT2D eigenvalue weighted by atomic mass is 16.1. The zero-order valence-corrected chi connectivity index (χ0v) is 26.2. The third-order valence-electron chi connectivity index (χ3n) is 6.81. The Labute approximate surface area is 239 Å². The molecule has 6 nitrogen and oxygen atoms in total. The van der Waals surface area contributed by atoms with E-state index in [0.29, 0.717) is 23.5 Å². The van der Waals surface area contributed by atoms with Gasteiger partial charge in [0.05, 0.1) is 0 Å². The number of carbonyl (C=O) groups is 3. The predicted molar refractivity (Wildman–Crippen MR) is 167 cm³/mol. The number of anilines is 1. The van der Waals surface area contributed by atoms with E-state index in [2.05, 4.69) is 49.4 Å². The number of piperidine rings is 1. The van der Waals surface area contributed by atoms with Crippen LogP contribution in [0.3, 0.4) is 0 Å². The number of hydrogen-bond donors (Lipinski definition) is 1. The summed E-state index contributed by atoms with van der Waals surface area (Å²) in [6.07, 6.45) is 5.72. The van der Waals surface area contributed by atoms with Gasteiger partial charge in [-0.2, -0.15) is 0 Å². The van der Waals surface area contributed by atoms with Gasteiger partial charge in [-0.25, -0.2) is 0 Å². The third-order valence-corrected chi connectivity index (χ3v) is 6.81. The molecule has 1 aromatic carbocycles. The fourth-order valence-electron chi connectivity index (χ4n) is 4.25. The summed E-state index contributed by atoms with van der Waals surface area (Å²) in [5.41, 5.74) is 3.16. The zero-order chi connectivity index (χ0) is 29.8. The van der Waals surface area contributed by atoms with Crippen LogP contribution < -0.4 is 10.2 Å². The monoisotopic (exact) mass is 543 g/mol. The second-order valence-corrected chi connectivity index (χ2v) is 11.3. The van der Waals surface area contributed by atoms with Crippen molar-refractivity contribution in [2.45, 2.75) is 81.1 Å². The van der Waals surface area contributed by atoms with Crippen LogP contribution in [0.1, 0.15) is 102 Å². The second kappa shape index (κ2) is 21.5. The van der Waals surface area contributed by atoms with E-state index in [1.807, 2.05) is 32.9 Å². The molecule has 222 valence electrons. The summed E-state index contributed by atoms with van der Waals surface area (Å²) in [6.45, 7) is 27.7. The Hall–Kier alpha value is -2.31. The van der Waals surface area contributed by atoms with Gasteiger partial charge in [0.25, 0.3) is 0 Å². The maximum atomic E-state index is 11.1. The zero-order valence-electron chi connectivity index (χ0n) is 26.2. The van der Waals surface area contributed by atoms with Gasteiger partial charge in [-0.15, -0.1) is 0 Å². The number of nitrogens with one attached hydrogen (secondary N) is 1. The van der Waals surface area contributed by atoms with E-state index in [0.717, 1.165) is 75.8 Å². The maximum absolute atomic E-state index is 11.1. The highest BCUT2D eigenvalue weighted by Crippen LogP contribution is 2.21. The number of Topliss-reactive ketones (excluding diaryl/α,β-unsaturated/α-hetero) is 1. The van der Waals surface area contributed by atoms with Crippen molar-refractivity contribution < 1.29 is 14.4 Å². The van der Waals surface area contributed by atoms with Gasteiger partial charge in [-0.3, -0.25) is 14.5 Å². The van der Waals surface area contributed by atoms with Crippen molar-refractivity contribution >= 4 is 24.0 Å². The second-order valence-electron chi connectivity index (χ2n) is 11.3. The van der Waals surface area contributed by atoms with E-state index in [1.54, 1.807) is 13.0 Å². The molecule has 2 fully saturated rings. The number of hydrogen-bond acceptors (Lipinski definition) is 6. The molecule has 3 rings (SSSR count). The minimum atomic E-state index is 0.271. The van der Waals surface area contributed by atoms with Gasteiger partial charge in [0.1, 0.15) is 5.78 Å². The summed E-state index contributed by atoms with van der Waals surface area (Å²) in [7, 11) is 0. The smallest absolute Gasteiger partial charge is 0.150 e. The minimum absolute atomic E-state index is 0.271. The van der Waals surface area contributed by atoms with Crippen molar-refractivity contribution in [1.82, 2.24) is 10.2 Å². The number of rotatable bonds is 9. The fourth-order valence-corrected chi connectivity index (χ4v) is 4.25. The van der Waals surface area contributed by atoms with Crippen LogP contribution >= 0.6 is 0 Å². The third kappa shape index (κ3) is 16.4. The molecule has 2 aliphatic heterocycles. The summed E-state index contributed by atoms with van der Waals surface area (Å²) in [6, 6.07) is 5.52. The average molecular weight is 544 g/mol. The Morgan fingerprint density at radius 3 is 1.97 bits per heavy atom. The van der Waals surface area contributed by atoms with Crippen LogP contribution in [0.2, 0.25) is 0 Å². The molecule has 0 amide bonds. The number of benzene rings is 1. The van der Waals surface area contributed by atoms with E-state index in [9.17, 15) is 14.4 Å². The molecule has 1 N–H and O–H groups in total. The lowest BCUT2D eigenvalue weighted by Gasteiger charge is -2.38. The molecular weight excluding hydrogens is 486 g/mol. The molecule has 39 heavy (non-hydrogen) atoms. The van der Waals surface area contributed by atoms with Gasteiger partial charge in [0, 0.05) is 56.0 Å². The molecule has 1 unspecified atom stereocenters. The van der Waals surface area contributed by atoms with Crippen LogP contribution in [-0.2, 0) is 4.79 Å². The number of ketones is 1. The number of carbonyl (C=O) groups excluding carboxylic acids is 3. The van der Waals surface area contributed by atoms with Crippen LogP contribution in [0, 0.1) is 17.8 Å². The lowest BCUT2D eigenvalue weighted by Crippen LogP contribution is -2.48. The molecule has 0 radical (unpaired) electrons.